The molecular weight excluding hydrogens is 411 g/mol. The molecular formula is C20H16BrFN4O. The highest BCUT2D eigenvalue weighted by Crippen LogP contribution is 2.25. The van der Waals surface area contributed by atoms with Gasteiger partial charge in [0.15, 0.2) is 0 Å². The molecule has 2 aromatic carbocycles. The van der Waals surface area contributed by atoms with E-state index in [0.717, 1.165) is 32.3 Å². The third kappa shape index (κ3) is 3.50. The van der Waals surface area contributed by atoms with Crippen molar-refractivity contribution in [1.82, 2.24) is 14.8 Å². The largest absolute Gasteiger partial charge is 0.358 e. The number of aryl methyl sites for hydroxylation is 1. The predicted molar refractivity (Wildman–Crippen MR) is 107 cm³/mol. The molecule has 0 radical (unpaired) electrons. The van der Waals surface area contributed by atoms with Crippen LogP contribution in [0.25, 0.3) is 16.6 Å². The van der Waals surface area contributed by atoms with Gasteiger partial charge in [0.1, 0.15) is 5.82 Å². The number of carbonyl (C=O) groups is 1. The van der Waals surface area contributed by atoms with Gasteiger partial charge in [-0.3, -0.25) is 4.79 Å². The van der Waals surface area contributed by atoms with Crippen molar-refractivity contribution in [3.63, 3.8) is 0 Å². The molecule has 2 aromatic heterocycles. The van der Waals surface area contributed by atoms with Gasteiger partial charge in [0.25, 0.3) is 0 Å². The molecule has 4 aromatic rings. The van der Waals surface area contributed by atoms with E-state index in [2.05, 4.69) is 31.3 Å². The zero-order valence-electron chi connectivity index (χ0n) is 14.5. The number of hydrogen-bond donors (Lipinski definition) is 2. The maximum absolute atomic E-state index is 13.6. The number of halogens is 2. The normalized spacial score (nSPS) is 11.1. The number of para-hydroxylation sites is 2. The van der Waals surface area contributed by atoms with Crippen molar-refractivity contribution < 1.29 is 9.18 Å². The van der Waals surface area contributed by atoms with Crippen LogP contribution < -0.4 is 5.32 Å². The number of hydrogen-bond acceptors (Lipinski definition) is 2. The molecule has 0 aliphatic rings. The number of H-pyrrole nitrogens is 1. The average Bonchev–Trinajstić information content (AvgIpc) is 3.19. The highest BCUT2D eigenvalue weighted by atomic mass is 79.9. The summed E-state index contributed by atoms with van der Waals surface area (Å²) in [5, 5.41) is 7.94. The smallest absolute Gasteiger partial charge is 0.228 e. The molecule has 4 rings (SSSR count). The molecule has 27 heavy (non-hydrogen) atoms. The lowest BCUT2D eigenvalue weighted by Gasteiger charge is -2.11. The van der Waals surface area contributed by atoms with E-state index >= 15 is 0 Å². The quantitative estimate of drug-likeness (QED) is 0.494. The highest BCUT2D eigenvalue weighted by Gasteiger charge is 2.15. The number of benzene rings is 2. The van der Waals surface area contributed by atoms with Crippen LogP contribution in [0.2, 0.25) is 0 Å². The first-order chi connectivity index (χ1) is 13.0. The zero-order valence-corrected chi connectivity index (χ0v) is 16.0. The van der Waals surface area contributed by atoms with E-state index in [1.165, 1.54) is 12.1 Å². The number of carbonyl (C=O) groups excluding carboxylic acids is 1. The van der Waals surface area contributed by atoms with Crippen molar-refractivity contribution in [3.05, 3.63) is 76.4 Å². The van der Waals surface area contributed by atoms with E-state index in [-0.39, 0.29) is 18.1 Å². The maximum atomic E-state index is 13.6. The predicted octanol–water partition coefficient (Wildman–Crippen LogP) is 4.74. The number of nitrogens with one attached hydrogen (secondary N) is 2. The van der Waals surface area contributed by atoms with Crippen molar-refractivity contribution >= 4 is 38.4 Å². The maximum Gasteiger partial charge on any atom is 0.228 e. The molecule has 0 saturated carbocycles. The van der Waals surface area contributed by atoms with Crippen molar-refractivity contribution in [2.24, 2.45) is 0 Å². The number of amides is 1. The number of fused-ring (bicyclic) bond motifs is 1. The topological polar surface area (TPSA) is 62.7 Å². The molecule has 0 aliphatic heterocycles. The molecule has 2 heterocycles. The molecule has 0 atom stereocenters. The number of rotatable bonds is 4. The van der Waals surface area contributed by atoms with E-state index < -0.39 is 0 Å². The van der Waals surface area contributed by atoms with Gasteiger partial charge in [0.05, 0.1) is 28.5 Å². The fourth-order valence-corrected chi connectivity index (χ4v) is 3.43. The first-order valence-electron chi connectivity index (χ1n) is 8.37. The SMILES string of the molecule is Cc1[nH]c2ccc(F)cc2c1CC(=O)Nc1ccccc1-n1cc(Br)cn1. The summed E-state index contributed by atoms with van der Waals surface area (Å²) in [5.74, 6) is -0.500. The van der Waals surface area contributed by atoms with Crippen molar-refractivity contribution in [2.75, 3.05) is 5.32 Å². The Kier molecular flexibility index (Phi) is 4.53. The Hall–Kier alpha value is -2.93. The standard InChI is InChI=1S/C20H16BrFN4O/c1-12-15(16-8-14(22)6-7-17(16)24-12)9-20(27)25-18-4-2-3-5-19(18)26-11-13(21)10-23-26/h2-8,10-11,24H,9H2,1H3,(H,25,27). The number of aromatic amines is 1. The third-order valence-electron chi connectivity index (χ3n) is 4.39. The van der Waals surface area contributed by atoms with Gasteiger partial charge in [-0.25, -0.2) is 9.07 Å². The summed E-state index contributed by atoms with van der Waals surface area (Å²) in [6.07, 6.45) is 3.65. The van der Waals surface area contributed by atoms with Gasteiger partial charge in [0, 0.05) is 22.8 Å². The lowest BCUT2D eigenvalue weighted by molar-refractivity contribution is -0.115. The number of anilines is 1. The molecule has 7 heteroatoms. The van der Waals surface area contributed by atoms with Crippen molar-refractivity contribution in [2.45, 2.75) is 13.3 Å². The molecule has 1 amide bonds. The molecule has 0 unspecified atom stereocenters. The molecule has 2 N–H and O–H groups in total. The van der Waals surface area contributed by atoms with Crippen LogP contribution in [0.4, 0.5) is 10.1 Å². The van der Waals surface area contributed by atoms with Crippen LogP contribution in [0, 0.1) is 12.7 Å². The van der Waals surface area contributed by atoms with E-state index in [1.807, 2.05) is 37.4 Å². The Balaban J connectivity index is 1.61. The first-order valence-corrected chi connectivity index (χ1v) is 9.16. The van der Waals surface area contributed by atoms with Crippen LogP contribution in [-0.4, -0.2) is 20.7 Å². The van der Waals surface area contributed by atoms with E-state index in [0.29, 0.717) is 5.69 Å². The Morgan fingerprint density at radius 2 is 2.11 bits per heavy atom. The van der Waals surface area contributed by atoms with E-state index in [4.69, 9.17) is 0 Å². The second kappa shape index (κ2) is 7.00. The first kappa shape index (κ1) is 17.5. The zero-order chi connectivity index (χ0) is 19.0. The summed E-state index contributed by atoms with van der Waals surface area (Å²) >= 11 is 3.38. The highest BCUT2D eigenvalue weighted by molar-refractivity contribution is 9.10. The summed E-state index contributed by atoms with van der Waals surface area (Å²) in [6.45, 7) is 1.88. The minimum Gasteiger partial charge on any atom is -0.358 e. The molecule has 0 bridgehead atoms. The fourth-order valence-electron chi connectivity index (χ4n) is 3.15. The third-order valence-corrected chi connectivity index (χ3v) is 4.80. The van der Waals surface area contributed by atoms with Gasteiger partial charge >= 0.3 is 0 Å². The van der Waals surface area contributed by atoms with Gasteiger partial charge in [-0.1, -0.05) is 12.1 Å². The Labute approximate surface area is 163 Å². The molecule has 0 fully saturated rings. The van der Waals surface area contributed by atoms with E-state index in [1.54, 1.807) is 16.9 Å². The second-order valence-electron chi connectivity index (χ2n) is 6.26. The van der Waals surface area contributed by atoms with Crippen LogP contribution in [0.15, 0.2) is 59.3 Å². The summed E-state index contributed by atoms with van der Waals surface area (Å²) in [6, 6.07) is 12.0. The molecule has 0 saturated heterocycles. The Morgan fingerprint density at radius 1 is 1.30 bits per heavy atom. The van der Waals surface area contributed by atoms with Crippen LogP contribution in [0.1, 0.15) is 11.3 Å². The van der Waals surface area contributed by atoms with Crippen LogP contribution in [0.5, 0.6) is 0 Å². The molecule has 5 nitrogen and oxygen atoms in total. The molecule has 0 aliphatic carbocycles. The summed E-state index contributed by atoms with van der Waals surface area (Å²) in [5.41, 5.74) is 3.88. The average molecular weight is 427 g/mol. The summed E-state index contributed by atoms with van der Waals surface area (Å²) < 4.78 is 16.2. The van der Waals surface area contributed by atoms with Crippen LogP contribution in [-0.2, 0) is 11.2 Å². The van der Waals surface area contributed by atoms with Gasteiger partial charge in [0.2, 0.25) is 5.91 Å². The summed E-state index contributed by atoms with van der Waals surface area (Å²) in [4.78, 5) is 15.9. The lowest BCUT2D eigenvalue weighted by Crippen LogP contribution is -2.16. The van der Waals surface area contributed by atoms with Crippen molar-refractivity contribution in [3.8, 4) is 5.69 Å². The van der Waals surface area contributed by atoms with Gasteiger partial charge in [-0.05, 0) is 58.7 Å². The Morgan fingerprint density at radius 3 is 2.89 bits per heavy atom. The van der Waals surface area contributed by atoms with Crippen LogP contribution >= 0.6 is 15.9 Å². The minimum atomic E-state index is -0.322. The van der Waals surface area contributed by atoms with E-state index in [9.17, 15) is 9.18 Å². The fraction of sp³-hybridized carbons (Fsp3) is 0.100. The number of nitrogens with zero attached hydrogens (tertiary/aromatic N) is 2. The van der Waals surface area contributed by atoms with Crippen molar-refractivity contribution in [1.29, 1.82) is 0 Å². The molecule has 136 valence electrons. The Bertz CT molecular complexity index is 1150. The minimum absolute atomic E-state index is 0.145. The lowest BCUT2D eigenvalue weighted by atomic mass is 10.1. The number of aromatic nitrogens is 3. The van der Waals surface area contributed by atoms with Crippen LogP contribution in [0.3, 0.4) is 0 Å². The van der Waals surface area contributed by atoms with Gasteiger partial charge in [-0.2, -0.15) is 5.10 Å². The summed E-state index contributed by atoms with van der Waals surface area (Å²) in [7, 11) is 0. The molecule has 0 spiro atoms. The van der Waals surface area contributed by atoms with Gasteiger partial charge < -0.3 is 10.3 Å². The monoisotopic (exact) mass is 426 g/mol. The second-order valence-corrected chi connectivity index (χ2v) is 7.18. The van der Waals surface area contributed by atoms with Gasteiger partial charge in [-0.15, -0.1) is 0 Å².